The van der Waals surface area contributed by atoms with E-state index < -0.39 is 6.85 Å². The lowest BCUT2D eigenvalue weighted by Crippen LogP contribution is -1.93. The Bertz CT molecular complexity index is 991. The number of benzene rings is 2. The zero-order chi connectivity index (χ0) is 19.7. The standard InChI is InChI=1S/C23H22ClN/c1-16-6-4-11-20(12-16)23-14-21(22(24)15-25-23)19-10-5-9-18(13-19)17-7-2-3-8-17/h4-6,9-15,17H,2-3,7-8H2,1H3/i1D3. The molecule has 0 amide bonds. The number of hydrogen-bond acceptors (Lipinski definition) is 1. The molecule has 25 heavy (non-hydrogen) atoms. The summed E-state index contributed by atoms with van der Waals surface area (Å²) in [6.07, 6.45) is 6.75. The number of halogens is 1. The van der Waals surface area contributed by atoms with Crippen molar-refractivity contribution in [1.29, 1.82) is 0 Å². The Balaban J connectivity index is 1.73. The predicted molar refractivity (Wildman–Crippen MR) is 106 cm³/mol. The molecule has 2 heteroatoms. The Labute approximate surface area is 158 Å². The van der Waals surface area contributed by atoms with E-state index in [1.165, 1.54) is 31.2 Å². The van der Waals surface area contributed by atoms with Crippen molar-refractivity contribution in [2.45, 2.75) is 38.5 Å². The fourth-order valence-electron chi connectivity index (χ4n) is 3.72. The Hall–Kier alpha value is -2.12. The summed E-state index contributed by atoms with van der Waals surface area (Å²) in [4.78, 5) is 4.44. The second-order valence-corrected chi connectivity index (χ2v) is 7.14. The van der Waals surface area contributed by atoms with Crippen LogP contribution in [0.1, 0.15) is 46.8 Å². The molecule has 0 spiro atoms. The minimum absolute atomic E-state index is 0.312. The highest BCUT2D eigenvalue weighted by Gasteiger charge is 2.18. The average molecular weight is 351 g/mol. The number of rotatable bonds is 3. The number of aryl methyl sites for hydroxylation is 1. The van der Waals surface area contributed by atoms with Gasteiger partial charge >= 0.3 is 0 Å². The number of nitrogens with zero attached hydrogens (tertiary/aromatic N) is 1. The lowest BCUT2D eigenvalue weighted by molar-refractivity contribution is 0.723. The molecule has 1 fully saturated rings. The summed E-state index contributed by atoms with van der Waals surface area (Å²) < 4.78 is 22.9. The van der Waals surface area contributed by atoms with E-state index in [2.05, 4.69) is 29.2 Å². The molecule has 1 nitrogen and oxygen atoms in total. The zero-order valence-corrected chi connectivity index (χ0v) is 14.8. The number of aromatic nitrogens is 1. The normalized spacial score (nSPS) is 17.1. The van der Waals surface area contributed by atoms with Crippen molar-refractivity contribution in [1.82, 2.24) is 4.98 Å². The van der Waals surface area contributed by atoms with Gasteiger partial charge in [0, 0.05) is 21.4 Å². The van der Waals surface area contributed by atoms with E-state index in [0.29, 0.717) is 16.5 Å². The molecule has 1 aliphatic rings. The Morgan fingerprint density at radius 2 is 1.80 bits per heavy atom. The zero-order valence-electron chi connectivity index (χ0n) is 17.0. The van der Waals surface area contributed by atoms with Crippen molar-refractivity contribution >= 4 is 11.6 Å². The first-order valence-corrected chi connectivity index (χ1v) is 9.16. The summed E-state index contributed by atoms with van der Waals surface area (Å²) in [5.41, 5.74) is 5.17. The van der Waals surface area contributed by atoms with Crippen molar-refractivity contribution < 1.29 is 4.11 Å². The van der Waals surface area contributed by atoms with Gasteiger partial charge in [0.1, 0.15) is 0 Å². The lowest BCUT2D eigenvalue weighted by Gasteiger charge is -2.13. The fraction of sp³-hybridized carbons (Fsp3) is 0.261. The largest absolute Gasteiger partial charge is 0.255 e. The van der Waals surface area contributed by atoms with Crippen LogP contribution < -0.4 is 0 Å². The maximum absolute atomic E-state index is 7.64. The van der Waals surface area contributed by atoms with E-state index in [0.717, 1.165) is 22.4 Å². The molecule has 0 aliphatic heterocycles. The molecule has 1 aromatic heterocycles. The van der Waals surface area contributed by atoms with E-state index >= 15 is 0 Å². The Morgan fingerprint density at radius 3 is 2.64 bits per heavy atom. The highest BCUT2D eigenvalue weighted by molar-refractivity contribution is 6.33. The van der Waals surface area contributed by atoms with Gasteiger partial charge in [0.05, 0.1) is 10.7 Å². The van der Waals surface area contributed by atoms with E-state index in [9.17, 15) is 0 Å². The maximum atomic E-state index is 7.64. The van der Waals surface area contributed by atoms with Gasteiger partial charge in [-0.05, 0) is 48.9 Å². The molecule has 0 radical (unpaired) electrons. The van der Waals surface area contributed by atoms with Crippen LogP contribution in [0.25, 0.3) is 22.4 Å². The molecule has 1 heterocycles. The van der Waals surface area contributed by atoms with Crippen LogP contribution in [0.3, 0.4) is 0 Å². The van der Waals surface area contributed by atoms with Crippen LogP contribution in [0.15, 0.2) is 60.8 Å². The smallest absolute Gasteiger partial charge is 0.0709 e. The molecule has 0 bridgehead atoms. The van der Waals surface area contributed by atoms with E-state index in [1.807, 2.05) is 12.1 Å². The molecule has 0 saturated heterocycles. The van der Waals surface area contributed by atoms with E-state index in [4.69, 9.17) is 15.7 Å². The molecule has 1 saturated carbocycles. The molecular weight excluding hydrogens is 326 g/mol. The van der Waals surface area contributed by atoms with E-state index in [1.54, 1.807) is 24.4 Å². The molecular formula is C23H22ClN. The van der Waals surface area contributed by atoms with Crippen molar-refractivity contribution in [3.8, 4) is 22.4 Å². The third kappa shape index (κ3) is 3.48. The summed E-state index contributed by atoms with van der Waals surface area (Å²) in [6, 6.07) is 17.5. The van der Waals surface area contributed by atoms with Gasteiger partial charge in [0.25, 0.3) is 0 Å². The summed E-state index contributed by atoms with van der Waals surface area (Å²) in [5.74, 6) is 0.635. The predicted octanol–water partition coefficient (Wildman–Crippen LogP) is 7.04. The highest BCUT2D eigenvalue weighted by atomic mass is 35.5. The molecule has 0 atom stereocenters. The topological polar surface area (TPSA) is 12.9 Å². The minimum atomic E-state index is -2.14. The van der Waals surface area contributed by atoms with Crippen molar-refractivity contribution in [3.05, 3.63) is 76.9 Å². The SMILES string of the molecule is [2H]C([2H])([2H])c1cccc(-c2cc(-c3cccc(C4CCCC4)c3)c(Cl)cn2)c1. The third-order valence-corrected chi connectivity index (χ3v) is 5.34. The number of hydrogen-bond donors (Lipinski definition) is 0. The molecule has 3 aromatic rings. The summed E-state index contributed by atoms with van der Waals surface area (Å²) in [7, 11) is 0. The summed E-state index contributed by atoms with van der Waals surface area (Å²) in [6.45, 7) is -2.14. The Kier molecular flexibility index (Phi) is 3.68. The second-order valence-electron chi connectivity index (χ2n) is 6.74. The van der Waals surface area contributed by atoms with Crippen LogP contribution >= 0.6 is 11.6 Å². The summed E-state index contributed by atoms with van der Waals surface area (Å²) in [5, 5.41) is 0.597. The lowest BCUT2D eigenvalue weighted by atomic mass is 9.94. The minimum Gasteiger partial charge on any atom is -0.255 e. The van der Waals surface area contributed by atoms with Crippen LogP contribution in [0.2, 0.25) is 5.02 Å². The quantitative estimate of drug-likeness (QED) is 0.493. The first kappa shape index (κ1) is 13.1. The van der Waals surface area contributed by atoms with Gasteiger partial charge in [0.2, 0.25) is 0 Å². The number of pyridine rings is 1. The van der Waals surface area contributed by atoms with Crippen molar-refractivity contribution in [3.63, 3.8) is 0 Å². The first-order valence-electron chi connectivity index (χ1n) is 10.3. The van der Waals surface area contributed by atoms with E-state index in [-0.39, 0.29) is 0 Å². The van der Waals surface area contributed by atoms with Gasteiger partial charge in [-0.1, -0.05) is 72.5 Å². The van der Waals surface area contributed by atoms with Gasteiger partial charge in [-0.3, -0.25) is 4.98 Å². The van der Waals surface area contributed by atoms with Crippen LogP contribution in [0, 0.1) is 6.85 Å². The molecule has 2 aromatic carbocycles. The molecule has 1 aliphatic carbocycles. The monoisotopic (exact) mass is 350 g/mol. The average Bonchev–Trinajstić information content (AvgIpc) is 3.23. The third-order valence-electron chi connectivity index (χ3n) is 5.04. The van der Waals surface area contributed by atoms with Gasteiger partial charge in [-0.2, -0.15) is 0 Å². The second kappa shape index (κ2) is 7.01. The first-order chi connectivity index (χ1) is 13.4. The van der Waals surface area contributed by atoms with Crippen molar-refractivity contribution in [2.24, 2.45) is 0 Å². The van der Waals surface area contributed by atoms with Gasteiger partial charge in [-0.15, -0.1) is 0 Å². The van der Waals surface area contributed by atoms with Gasteiger partial charge < -0.3 is 0 Å². The van der Waals surface area contributed by atoms with Gasteiger partial charge in [0.15, 0.2) is 0 Å². The van der Waals surface area contributed by atoms with Crippen LogP contribution in [0.5, 0.6) is 0 Å². The molecule has 0 unspecified atom stereocenters. The van der Waals surface area contributed by atoms with Gasteiger partial charge in [-0.25, -0.2) is 0 Å². The Morgan fingerprint density at radius 1 is 1.00 bits per heavy atom. The van der Waals surface area contributed by atoms with Crippen LogP contribution in [0.4, 0.5) is 0 Å². The van der Waals surface area contributed by atoms with Crippen molar-refractivity contribution in [2.75, 3.05) is 0 Å². The fourth-order valence-corrected chi connectivity index (χ4v) is 3.93. The van der Waals surface area contributed by atoms with Crippen LogP contribution in [-0.4, -0.2) is 4.98 Å². The molecule has 126 valence electrons. The molecule has 4 rings (SSSR count). The van der Waals surface area contributed by atoms with Crippen LogP contribution in [-0.2, 0) is 0 Å². The maximum Gasteiger partial charge on any atom is 0.0709 e. The summed E-state index contributed by atoms with van der Waals surface area (Å²) >= 11 is 6.48. The highest BCUT2D eigenvalue weighted by Crippen LogP contribution is 2.37. The molecule has 0 N–H and O–H groups in total.